The average Bonchev–Trinajstić information content (AvgIpc) is 2.78. The lowest BCUT2D eigenvalue weighted by molar-refractivity contribution is -0.140. The van der Waals surface area contributed by atoms with Crippen LogP contribution >= 0.6 is 0 Å². The van der Waals surface area contributed by atoms with Crippen LogP contribution in [0.5, 0.6) is 0 Å². The van der Waals surface area contributed by atoms with Crippen LogP contribution in [0.2, 0.25) is 0 Å². The lowest BCUT2D eigenvalue weighted by Gasteiger charge is -1.97. The van der Waals surface area contributed by atoms with Crippen molar-refractivity contribution in [3.8, 4) is 11.3 Å². The minimum Gasteiger partial charge on any atom is -0.455 e. The number of carbonyl (C=O) groups excluding carboxylic acids is 1. The highest BCUT2D eigenvalue weighted by Gasteiger charge is 2.03. The molecule has 0 bridgehead atoms. The minimum absolute atomic E-state index is 0.462. The molecule has 0 amide bonds. The molecule has 0 saturated carbocycles. The highest BCUT2D eigenvalue weighted by molar-refractivity contribution is 5.78. The fourth-order valence-electron chi connectivity index (χ4n) is 1.45. The number of furan rings is 1. The Morgan fingerprint density at radius 3 is 2.61 bits per heavy atom. The standard InChI is InChI=1S/C14H13NO3/c1-10-3-5-12(6-4-10)14-8-7-13(17-14)9-15-18-11(2)16/h3-9H,1-2H3/b15-9+. The zero-order valence-electron chi connectivity index (χ0n) is 10.2. The van der Waals surface area contributed by atoms with Gasteiger partial charge in [0.05, 0.1) is 0 Å². The van der Waals surface area contributed by atoms with Gasteiger partial charge in [0.2, 0.25) is 0 Å². The molecular weight excluding hydrogens is 230 g/mol. The van der Waals surface area contributed by atoms with E-state index in [1.54, 1.807) is 6.07 Å². The van der Waals surface area contributed by atoms with E-state index in [1.165, 1.54) is 18.7 Å². The second-order valence-electron chi connectivity index (χ2n) is 3.89. The Morgan fingerprint density at radius 2 is 1.94 bits per heavy atom. The number of carbonyl (C=O) groups is 1. The Bertz CT molecular complexity index is 567. The SMILES string of the molecule is CC(=O)O/N=C/c1ccc(-c2ccc(C)cc2)o1. The monoisotopic (exact) mass is 243 g/mol. The molecule has 0 saturated heterocycles. The van der Waals surface area contributed by atoms with E-state index in [2.05, 4.69) is 9.99 Å². The third-order valence-corrected chi connectivity index (χ3v) is 2.32. The van der Waals surface area contributed by atoms with Crippen LogP contribution in [0.1, 0.15) is 18.2 Å². The molecule has 4 nitrogen and oxygen atoms in total. The second kappa shape index (κ2) is 5.31. The highest BCUT2D eigenvalue weighted by atomic mass is 16.7. The minimum atomic E-state index is -0.462. The van der Waals surface area contributed by atoms with Gasteiger partial charge in [0.1, 0.15) is 17.7 Å². The van der Waals surface area contributed by atoms with Crippen LogP contribution in [0.4, 0.5) is 0 Å². The number of benzene rings is 1. The molecule has 0 atom stereocenters. The van der Waals surface area contributed by atoms with Gasteiger partial charge in [-0.15, -0.1) is 0 Å². The van der Waals surface area contributed by atoms with Crippen molar-refractivity contribution in [2.24, 2.45) is 5.16 Å². The van der Waals surface area contributed by atoms with Gasteiger partial charge in [0.15, 0.2) is 0 Å². The molecule has 1 heterocycles. The van der Waals surface area contributed by atoms with Gasteiger partial charge in [-0.1, -0.05) is 35.0 Å². The van der Waals surface area contributed by atoms with Gasteiger partial charge in [-0.3, -0.25) is 0 Å². The fraction of sp³-hybridized carbons (Fsp3) is 0.143. The molecule has 0 aliphatic carbocycles. The summed E-state index contributed by atoms with van der Waals surface area (Å²) >= 11 is 0. The summed E-state index contributed by atoms with van der Waals surface area (Å²) in [5.41, 5.74) is 2.19. The fourth-order valence-corrected chi connectivity index (χ4v) is 1.45. The van der Waals surface area contributed by atoms with Crippen molar-refractivity contribution >= 4 is 12.2 Å². The van der Waals surface area contributed by atoms with Gasteiger partial charge in [0.25, 0.3) is 0 Å². The first kappa shape index (κ1) is 12.1. The number of aryl methyl sites for hydroxylation is 1. The van der Waals surface area contributed by atoms with Crippen LogP contribution in [-0.4, -0.2) is 12.2 Å². The maximum atomic E-state index is 10.5. The Kier molecular flexibility index (Phi) is 3.57. The molecule has 4 heteroatoms. The third-order valence-electron chi connectivity index (χ3n) is 2.32. The van der Waals surface area contributed by atoms with E-state index in [-0.39, 0.29) is 0 Å². The number of nitrogens with zero attached hydrogens (tertiary/aromatic N) is 1. The van der Waals surface area contributed by atoms with E-state index in [1.807, 2.05) is 37.3 Å². The first-order chi connectivity index (χ1) is 8.65. The second-order valence-corrected chi connectivity index (χ2v) is 3.89. The van der Waals surface area contributed by atoms with E-state index >= 15 is 0 Å². The molecule has 2 rings (SSSR count). The molecule has 92 valence electrons. The normalized spacial score (nSPS) is 10.8. The summed E-state index contributed by atoms with van der Waals surface area (Å²) in [4.78, 5) is 15.0. The molecule has 0 aliphatic heterocycles. The van der Waals surface area contributed by atoms with E-state index in [9.17, 15) is 4.79 Å². The molecule has 0 N–H and O–H groups in total. The summed E-state index contributed by atoms with van der Waals surface area (Å²) in [6, 6.07) is 11.6. The molecule has 0 aliphatic rings. The van der Waals surface area contributed by atoms with Crippen LogP contribution in [0.15, 0.2) is 46.0 Å². The molecule has 0 radical (unpaired) electrons. The first-order valence-corrected chi connectivity index (χ1v) is 5.53. The van der Waals surface area contributed by atoms with Gasteiger partial charge in [0, 0.05) is 12.5 Å². The van der Waals surface area contributed by atoms with Gasteiger partial charge >= 0.3 is 5.97 Å². The topological polar surface area (TPSA) is 51.8 Å². The molecule has 1 aromatic carbocycles. The zero-order valence-corrected chi connectivity index (χ0v) is 10.2. The summed E-state index contributed by atoms with van der Waals surface area (Å²) in [6.07, 6.45) is 1.36. The predicted molar refractivity (Wildman–Crippen MR) is 68.2 cm³/mol. The van der Waals surface area contributed by atoms with Crippen molar-refractivity contribution in [1.29, 1.82) is 0 Å². The Hall–Kier alpha value is -2.36. The average molecular weight is 243 g/mol. The van der Waals surface area contributed by atoms with Crippen molar-refractivity contribution < 1.29 is 14.0 Å². The molecule has 0 spiro atoms. The number of oxime groups is 1. The van der Waals surface area contributed by atoms with Crippen LogP contribution in [-0.2, 0) is 9.63 Å². The quantitative estimate of drug-likeness (QED) is 0.472. The van der Waals surface area contributed by atoms with Gasteiger partial charge < -0.3 is 9.25 Å². The van der Waals surface area contributed by atoms with Crippen LogP contribution in [0, 0.1) is 6.92 Å². The van der Waals surface area contributed by atoms with E-state index < -0.39 is 5.97 Å². The van der Waals surface area contributed by atoms with Crippen molar-refractivity contribution in [3.63, 3.8) is 0 Å². The van der Waals surface area contributed by atoms with E-state index in [0.717, 1.165) is 11.3 Å². The smallest absolute Gasteiger partial charge is 0.331 e. The summed E-state index contributed by atoms with van der Waals surface area (Å²) in [6.45, 7) is 3.32. The van der Waals surface area contributed by atoms with E-state index in [0.29, 0.717) is 5.76 Å². The largest absolute Gasteiger partial charge is 0.455 e. The summed E-state index contributed by atoms with van der Waals surface area (Å²) in [7, 11) is 0. The molecule has 0 fully saturated rings. The Labute approximate surface area is 105 Å². The number of rotatable bonds is 3. The molecule has 18 heavy (non-hydrogen) atoms. The van der Waals surface area contributed by atoms with Crippen molar-refractivity contribution in [1.82, 2.24) is 0 Å². The Morgan fingerprint density at radius 1 is 1.22 bits per heavy atom. The first-order valence-electron chi connectivity index (χ1n) is 5.53. The number of hydrogen-bond acceptors (Lipinski definition) is 4. The van der Waals surface area contributed by atoms with Crippen LogP contribution < -0.4 is 0 Å². The van der Waals surface area contributed by atoms with Crippen LogP contribution in [0.3, 0.4) is 0 Å². The zero-order chi connectivity index (χ0) is 13.0. The van der Waals surface area contributed by atoms with Crippen LogP contribution in [0.25, 0.3) is 11.3 Å². The summed E-state index contributed by atoms with van der Waals surface area (Å²) in [5, 5.41) is 3.49. The van der Waals surface area contributed by atoms with E-state index in [4.69, 9.17) is 4.42 Å². The van der Waals surface area contributed by atoms with Gasteiger partial charge in [-0.25, -0.2) is 4.79 Å². The molecule has 2 aromatic rings. The third kappa shape index (κ3) is 3.07. The molecule has 1 aromatic heterocycles. The lowest BCUT2D eigenvalue weighted by Crippen LogP contribution is -1.90. The summed E-state index contributed by atoms with van der Waals surface area (Å²) < 4.78 is 5.55. The van der Waals surface area contributed by atoms with Crippen molar-refractivity contribution in [2.75, 3.05) is 0 Å². The molecular formula is C14H13NO3. The van der Waals surface area contributed by atoms with Crippen molar-refractivity contribution in [2.45, 2.75) is 13.8 Å². The van der Waals surface area contributed by atoms with Gasteiger partial charge in [-0.2, -0.15) is 0 Å². The Balaban J connectivity index is 2.12. The number of hydrogen-bond donors (Lipinski definition) is 0. The maximum Gasteiger partial charge on any atom is 0.331 e. The predicted octanol–water partition coefficient (Wildman–Crippen LogP) is 3.15. The van der Waals surface area contributed by atoms with Crippen molar-refractivity contribution in [3.05, 3.63) is 47.7 Å². The van der Waals surface area contributed by atoms with Gasteiger partial charge in [-0.05, 0) is 19.1 Å². The highest BCUT2D eigenvalue weighted by Crippen LogP contribution is 2.21. The molecule has 0 unspecified atom stereocenters. The summed E-state index contributed by atoms with van der Waals surface area (Å²) in [5.74, 6) is 0.822. The lowest BCUT2D eigenvalue weighted by atomic mass is 10.1. The maximum absolute atomic E-state index is 10.5.